The number of aromatic nitrogens is 3. The number of rotatable bonds is 1. The second-order valence-corrected chi connectivity index (χ2v) is 1.52. The molecule has 6 nitrogen and oxygen atoms in total. The van der Waals surface area contributed by atoms with E-state index >= 15 is 0 Å². The van der Waals surface area contributed by atoms with Gasteiger partial charge in [0, 0.05) is 0 Å². The first-order chi connectivity index (χ1) is 4.20. The summed E-state index contributed by atoms with van der Waals surface area (Å²) < 4.78 is 0. The zero-order valence-electron chi connectivity index (χ0n) is 4.04. The van der Waals surface area contributed by atoms with E-state index in [4.69, 9.17) is 11.6 Å². The first kappa shape index (κ1) is 5.96. The number of hydrogen-bond donors (Lipinski definition) is 1. The third-order valence-corrected chi connectivity index (χ3v) is 0.788. The largest absolute Gasteiger partial charge is 0.454 e. The summed E-state index contributed by atoms with van der Waals surface area (Å²) in [5.74, 6) is -0.444. The van der Waals surface area contributed by atoms with Crippen LogP contribution < -0.4 is 0 Å². The molecule has 0 aliphatic carbocycles. The molecule has 0 atom stereocenters. The molecule has 0 fully saturated rings. The van der Waals surface area contributed by atoms with Gasteiger partial charge in [0.2, 0.25) is 0 Å². The van der Waals surface area contributed by atoms with Crippen LogP contribution in [0.2, 0.25) is 5.28 Å². The van der Waals surface area contributed by atoms with Gasteiger partial charge in [0.05, 0.1) is 0 Å². The van der Waals surface area contributed by atoms with Crippen LogP contribution in [0, 0.1) is 10.1 Å². The van der Waals surface area contributed by atoms with Crippen molar-refractivity contribution in [2.75, 3.05) is 0 Å². The number of aromatic amines is 1. The van der Waals surface area contributed by atoms with Crippen LogP contribution >= 0.6 is 11.6 Å². The van der Waals surface area contributed by atoms with E-state index in [1.807, 2.05) is 5.10 Å². The van der Waals surface area contributed by atoms with Crippen LogP contribution in [-0.4, -0.2) is 20.1 Å². The minimum absolute atomic E-state index is 0.151. The summed E-state index contributed by atoms with van der Waals surface area (Å²) in [4.78, 5) is 12.3. The van der Waals surface area contributed by atoms with Gasteiger partial charge in [-0.05, 0) is 21.5 Å². The molecule has 48 valence electrons. The predicted octanol–water partition coefficient (Wildman–Crippen LogP) is 0.366. The standard InChI is InChI=1S/C2HClN4O2/c3-1-4-2(6-5-1)7(8)9/h(H,4,5,6). The average molecular weight is 149 g/mol. The highest BCUT2D eigenvalue weighted by Gasteiger charge is 2.10. The lowest BCUT2D eigenvalue weighted by atomic mass is 11.1. The van der Waals surface area contributed by atoms with Crippen LogP contribution in [-0.2, 0) is 0 Å². The number of nitrogens with one attached hydrogen (secondary N) is 1. The van der Waals surface area contributed by atoms with Crippen LogP contribution in [0.5, 0.6) is 0 Å². The first-order valence-corrected chi connectivity index (χ1v) is 2.30. The Hall–Kier alpha value is -1.17. The number of nitro groups is 1. The summed E-state index contributed by atoms with van der Waals surface area (Å²) in [7, 11) is 0. The smallest absolute Gasteiger partial charge is 0.390 e. The summed E-state index contributed by atoms with van der Waals surface area (Å²) in [6.45, 7) is 0. The Labute approximate surface area is 54.0 Å². The number of nitrogens with zero attached hydrogens (tertiary/aromatic N) is 3. The van der Waals surface area contributed by atoms with Gasteiger partial charge in [-0.2, -0.15) is 0 Å². The van der Waals surface area contributed by atoms with Crippen molar-refractivity contribution in [2.45, 2.75) is 0 Å². The normalized spacial score (nSPS) is 9.44. The van der Waals surface area contributed by atoms with Gasteiger partial charge in [0.15, 0.2) is 0 Å². The van der Waals surface area contributed by atoms with Crippen molar-refractivity contribution >= 4 is 17.5 Å². The summed E-state index contributed by atoms with van der Waals surface area (Å²) in [6, 6.07) is 0. The van der Waals surface area contributed by atoms with Gasteiger partial charge >= 0.3 is 11.2 Å². The third kappa shape index (κ3) is 1.14. The molecule has 0 aliphatic heterocycles. The van der Waals surface area contributed by atoms with E-state index in [1.54, 1.807) is 0 Å². The molecule has 1 heterocycles. The van der Waals surface area contributed by atoms with E-state index < -0.39 is 10.9 Å². The highest BCUT2D eigenvalue weighted by Crippen LogP contribution is 2.04. The first-order valence-electron chi connectivity index (χ1n) is 1.92. The molecular formula is C2HClN4O2. The van der Waals surface area contributed by atoms with Crippen molar-refractivity contribution in [3.05, 3.63) is 15.4 Å². The van der Waals surface area contributed by atoms with Gasteiger partial charge in [-0.3, -0.25) is 0 Å². The monoisotopic (exact) mass is 148 g/mol. The van der Waals surface area contributed by atoms with Crippen LogP contribution in [0.25, 0.3) is 0 Å². The van der Waals surface area contributed by atoms with Crippen LogP contribution in [0.15, 0.2) is 0 Å². The number of H-pyrrole nitrogens is 1. The molecule has 0 saturated carbocycles. The zero-order chi connectivity index (χ0) is 6.85. The highest BCUT2D eigenvalue weighted by molar-refractivity contribution is 6.28. The Balaban J connectivity index is 2.98. The molecule has 9 heavy (non-hydrogen) atoms. The van der Waals surface area contributed by atoms with Crippen LogP contribution in [0.1, 0.15) is 0 Å². The van der Waals surface area contributed by atoms with Gasteiger partial charge in [-0.15, -0.1) is 5.10 Å². The van der Waals surface area contributed by atoms with Crippen LogP contribution in [0.3, 0.4) is 0 Å². The van der Waals surface area contributed by atoms with Crippen molar-refractivity contribution in [3.8, 4) is 0 Å². The molecule has 1 N–H and O–H groups in total. The van der Waals surface area contributed by atoms with E-state index in [0.29, 0.717) is 0 Å². The number of halogens is 1. The van der Waals surface area contributed by atoms with Crippen molar-refractivity contribution in [1.29, 1.82) is 0 Å². The lowest BCUT2D eigenvalue weighted by Gasteiger charge is -1.82. The lowest BCUT2D eigenvalue weighted by molar-refractivity contribution is -0.394. The summed E-state index contributed by atoms with van der Waals surface area (Å²) in [5.41, 5.74) is 0. The molecule has 0 radical (unpaired) electrons. The molecule has 0 saturated heterocycles. The molecule has 0 spiro atoms. The summed E-state index contributed by atoms with van der Waals surface area (Å²) in [5, 5.41) is 14.9. The minimum Gasteiger partial charge on any atom is -0.390 e. The average Bonchev–Trinajstić information content (AvgIpc) is 2.14. The molecule has 1 rings (SSSR count). The fraction of sp³-hybridized carbons (Fsp3) is 0. The lowest BCUT2D eigenvalue weighted by Crippen LogP contribution is -1.88. The van der Waals surface area contributed by atoms with Crippen molar-refractivity contribution in [3.63, 3.8) is 0 Å². The third-order valence-electron chi connectivity index (χ3n) is 0.619. The molecular weight excluding hydrogens is 148 g/mol. The Bertz CT molecular complexity index is 232. The van der Waals surface area contributed by atoms with E-state index in [-0.39, 0.29) is 5.28 Å². The highest BCUT2D eigenvalue weighted by atomic mass is 35.5. The predicted molar refractivity (Wildman–Crippen MR) is 28.0 cm³/mol. The maximum Gasteiger partial charge on any atom is 0.454 e. The van der Waals surface area contributed by atoms with Gasteiger partial charge < -0.3 is 10.1 Å². The molecule has 1 aromatic heterocycles. The molecule has 0 aliphatic rings. The molecule has 7 heteroatoms. The minimum atomic E-state index is -0.709. The topological polar surface area (TPSA) is 84.7 Å². The van der Waals surface area contributed by atoms with Gasteiger partial charge in [0.1, 0.15) is 0 Å². The van der Waals surface area contributed by atoms with Crippen molar-refractivity contribution in [1.82, 2.24) is 15.2 Å². The van der Waals surface area contributed by atoms with Gasteiger partial charge in [0.25, 0.3) is 0 Å². The Kier molecular flexibility index (Phi) is 1.31. The van der Waals surface area contributed by atoms with Crippen molar-refractivity contribution in [2.24, 2.45) is 0 Å². The van der Waals surface area contributed by atoms with Crippen LogP contribution in [0.4, 0.5) is 5.95 Å². The van der Waals surface area contributed by atoms with E-state index in [2.05, 4.69) is 10.1 Å². The molecule has 0 bridgehead atoms. The zero-order valence-corrected chi connectivity index (χ0v) is 4.79. The van der Waals surface area contributed by atoms with Crippen molar-refractivity contribution < 1.29 is 4.92 Å². The Morgan fingerprint density at radius 3 is 2.67 bits per heavy atom. The van der Waals surface area contributed by atoms with Gasteiger partial charge in [-0.1, -0.05) is 5.10 Å². The Morgan fingerprint density at radius 1 is 1.78 bits per heavy atom. The molecule has 0 amide bonds. The van der Waals surface area contributed by atoms with E-state index in [0.717, 1.165) is 0 Å². The fourth-order valence-corrected chi connectivity index (χ4v) is 0.437. The molecule has 0 aromatic carbocycles. The second kappa shape index (κ2) is 1.98. The quantitative estimate of drug-likeness (QED) is 0.461. The van der Waals surface area contributed by atoms with E-state index in [1.165, 1.54) is 0 Å². The summed E-state index contributed by atoms with van der Waals surface area (Å²) in [6.07, 6.45) is 0. The number of hydrogen-bond acceptors (Lipinski definition) is 4. The Morgan fingerprint density at radius 2 is 2.44 bits per heavy atom. The van der Waals surface area contributed by atoms with E-state index in [9.17, 15) is 10.1 Å². The molecule has 0 unspecified atom stereocenters. The maximum atomic E-state index is 9.83. The fourth-order valence-electron chi connectivity index (χ4n) is 0.315. The SMILES string of the molecule is O=[N+]([O-])c1nc(Cl)n[nH]1. The molecule has 1 aromatic rings. The second-order valence-electron chi connectivity index (χ2n) is 1.19. The van der Waals surface area contributed by atoms with Gasteiger partial charge in [-0.25, -0.2) is 0 Å². The summed E-state index contributed by atoms with van der Waals surface area (Å²) >= 11 is 5.15. The maximum absolute atomic E-state index is 9.83.